The van der Waals surface area contributed by atoms with Crippen molar-refractivity contribution in [2.24, 2.45) is 0 Å². The van der Waals surface area contributed by atoms with Gasteiger partial charge >= 0.3 is 0 Å². The maximum absolute atomic E-state index is 12.6. The summed E-state index contributed by atoms with van der Waals surface area (Å²) in [6.07, 6.45) is 0. The van der Waals surface area contributed by atoms with E-state index in [1.54, 1.807) is 0 Å². The monoisotopic (exact) mass is 400 g/mol. The third-order valence-corrected chi connectivity index (χ3v) is 6.12. The van der Waals surface area contributed by atoms with E-state index in [-0.39, 0.29) is 11.3 Å². The van der Waals surface area contributed by atoms with Crippen LogP contribution in [-0.4, -0.2) is 6.61 Å². The van der Waals surface area contributed by atoms with Gasteiger partial charge < -0.3 is 4.74 Å². The van der Waals surface area contributed by atoms with Crippen LogP contribution < -0.4 is 9.48 Å². The highest BCUT2D eigenvalue weighted by Crippen LogP contribution is 2.30. The molecule has 0 amide bonds. The zero-order valence-corrected chi connectivity index (χ0v) is 16.9. The SMILES string of the molecule is C=C=C(COc1cc(C)c(Cl)c(C)c1)c1c(S)c2ccccc2sc1=O. The Morgan fingerprint density at radius 1 is 1.27 bits per heavy atom. The Hall–Kier alpha value is -1.97. The zero-order chi connectivity index (χ0) is 18.8. The smallest absolute Gasteiger partial charge is 0.242 e. The van der Waals surface area contributed by atoms with Crippen LogP contribution in [0.15, 0.2) is 58.4 Å². The van der Waals surface area contributed by atoms with Crippen LogP contribution >= 0.6 is 35.6 Å². The summed E-state index contributed by atoms with van der Waals surface area (Å²) in [5.41, 5.74) is 5.82. The van der Waals surface area contributed by atoms with Crippen LogP contribution in [0.4, 0.5) is 0 Å². The predicted molar refractivity (Wildman–Crippen MR) is 114 cm³/mol. The van der Waals surface area contributed by atoms with Crippen molar-refractivity contribution in [1.29, 1.82) is 0 Å². The highest BCUT2D eigenvalue weighted by Gasteiger charge is 2.15. The fraction of sp³-hybridized carbons (Fsp3) is 0.143. The molecule has 132 valence electrons. The number of halogens is 1. The molecule has 26 heavy (non-hydrogen) atoms. The summed E-state index contributed by atoms with van der Waals surface area (Å²) in [6.45, 7) is 7.77. The lowest BCUT2D eigenvalue weighted by Gasteiger charge is -2.13. The summed E-state index contributed by atoms with van der Waals surface area (Å²) < 4.78 is 6.71. The Labute approximate surface area is 166 Å². The Bertz CT molecular complexity index is 1090. The minimum Gasteiger partial charge on any atom is -0.488 e. The van der Waals surface area contributed by atoms with E-state index in [1.165, 1.54) is 11.3 Å². The molecule has 0 N–H and O–H groups in total. The van der Waals surface area contributed by atoms with Gasteiger partial charge in [0.25, 0.3) is 0 Å². The molecule has 0 saturated carbocycles. The van der Waals surface area contributed by atoms with Gasteiger partial charge in [0.15, 0.2) is 0 Å². The standard InChI is InChI=1S/C21H17ClO2S2/c1-4-14(11-24-15-9-12(2)19(22)13(3)10-15)18-20(25)16-7-5-6-8-17(16)26-21(18)23/h5-10,25H,1,11H2,2-3H3. The first kappa shape index (κ1) is 18.8. The summed E-state index contributed by atoms with van der Waals surface area (Å²) in [5.74, 6) is 0.690. The summed E-state index contributed by atoms with van der Waals surface area (Å²) in [7, 11) is 0. The van der Waals surface area contributed by atoms with E-state index in [9.17, 15) is 4.79 Å². The van der Waals surface area contributed by atoms with Crippen molar-refractivity contribution in [1.82, 2.24) is 0 Å². The number of thiol groups is 1. The van der Waals surface area contributed by atoms with Crippen molar-refractivity contribution in [3.05, 3.63) is 80.0 Å². The van der Waals surface area contributed by atoms with Gasteiger partial charge in [-0.3, -0.25) is 4.79 Å². The minimum absolute atomic E-state index is 0.0769. The van der Waals surface area contributed by atoms with E-state index < -0.39 is 0 Å². The molecule has 0 aliphatic carbocycles. The Kier molecular flexibility index (Phi) is 5.59. The molecule has 0 atom stereocenters. The number of benzene rings is 2. The molecular formula is C21H17ClO2S2. The van der Waals surface area contributed by atoms with E-state index in [1.807, 2.05) is 50.2 Å². The van der Waals surface area contributed by atoms with Crippen LogP contribution in [0.1, 0.15) is 16.7 Å². The quantitative estimate of drug-likeness (QED) is 0.425. The average Bonchev–Trinajstić information content (AvgIpc) is 2.62. The first-order chi connectivity index (χ1) is 12.4. The molecule has 0 saturated heterocycles. The maximum atomic E-state index is 12.6. The second kappa shape index (κ2) is 7.73. The molecule has 0 spiro atoms. The topological polar surface area (TPSA) is 26.3 Å². The molecule has 0 bridgehead atoms. The molecule has 3 aromatic rings. The Balaban J connectivity index is 1.97. The summed E-state index contributed by atoms with van der Waals surface area (Å²) in [6, 6.07) is 11.4. The Morgan fingerprint density at radius 3 is 2.58 bits per heavy atom. The van der Waals surface area contributed by atoms with Crippen molar-refractivity contribution in [2.45, 2.75) is 18.7 Å². The second-order valence-electron chi connectivity index (χ2n) is 5.92. The van der Waals surface area contributed by atoms with Crippen LogP contribution in [0.3, 0.4) is 0 Å². The van der Waals surface area contributed by atoms with Crippen LogP contribution in [0.5, 0.6) is 5.75 Å². The van der Waals surface area contributed by atoms with Crippen molar-refractivity contribution in [2.75, 3.05) is 6.61 Å². The van der Waals surface area contributed by atoms with Gasteiger partial charge in [0.05, 0.1) is 5.56 Å². The number of aryl methyl sites for hydroxylation is 2. The van der Waals surface area contributed by atoms with Crippen LogP contribution in [0.25, 0.3) is 15.7 Å². The molecule has 0 aliphatic rings. The predicted octanol–water partition coefficient (Wildman–Crippen LogP) is 6.07. The number of ether oxygens (including phenoxy) is 1. The van der Waals surface area contributed by atoms with E-state index in [2.05, 4.69) is 24.9 Å². The first-order valence-corrected chi connectivity index (χ1v) is 9.60. The van der Waals surface area contributed by atoms with Crippen molar-refractivity contribution in [3.8, 4) is 5.75 Å². The third kappa shape index (κ3) is 3.60. The van der Waals surface area contributed by atoms with Crippen molar-refractivity contribution in [3.63, 3.8) is 0 Å². The summed E-state index contributed by atoms with van der Waals surface area (Å²) in [5, 5.41) is 1.66. The molecule has 1 aromatic heterocycles. The van der Waals surface area contributed by atoms with E-state index >= 15 is 0 Å². The lowest BCUT2D eigenvalue weighted by atomic mass is 10.1. The van der Waals surface area contributed by atoms with Gasteiger partial charge in [-0.1, -0.05) is 47.7 Å². The lowest BCUT2D eigenvalue weighted by molar-refractivity contribution is 0.369. The molecule has 2 nitrogen and oxygen atoms in total. The number of rotatable bonds is 4. The normalized spacial score (nSPS) is 10.6. The van der Waals surface area contributed by atoms with E-state index in [4.69, 9.17) is 16.3 Å². The highest BCUT2D eigenvalue weighted by atomic mass is 35.5. The fourth-order valence-electron chi connectivity index (χ4n) is 2.76. The van der Waals surface area contributed by atoms with Crippen LogP contribution in [0, 0.1) is 13.8 Å². The second-order valence-corrected chi connectivity index (χ2v) is 7.76. The molecule has 3 rings (SSSR count). The molecule has 0 aliphatic heterocycles. The van der Waals surface area contributed by atoms with Crippen LogP contribution in [-0.2, 0) is 0 Å². The zero-order valence-electron chi connectivity index (χ0n) is 14.4. The minimum atomic E-state index is -0.0769. The fourth-order valence-corrected chi connectivity index (χ4v) is 4.40. The maximum Gasteiger partial charge on any atom is 0.242 e. The third-order valence-electron chi connectivity index (χ3n) is 4.09. The average molecular weight is 401 g/mol. The summed E-state index contributed by atoms with van der Waals surface area (Å²) in [4.78, 5) is 13.3. The molecule has 2 aromatic carbocycles. The van der Waals surface area contributed by atoms with Gasteiger partial charge in [-0.15, -0.1) is 18.4 Å². The van der Waals surface area contributed by atoms with Crippen molar-refractivity contribution >= 4 is 51.2 Å². The summed E-state index contributed by atoms with van der Waals surface area (Å²) >= 11 is 12.0. The number of fused-ring (bicyclic) bond motifs is 1. The molecule has 1 heterocycles. The molecule has 5 heteroatoms. The molecule has 0 fully saturated rings. The molecular weight excluding hydrogens is 384 g/mol. The van der Waals surface area contributed by atoms with Gasteiger partial charge in [0.2, 0.25) is 4.74 Å². The first-order valence-electron chi connectivity index (χ1n) is 7.96. The van der Waals surface area contributed by atoms with Crippen LogP contribution in [0.2, 0.25) is 5.02 Å². The van der Waals surface area contributed by atoms with Gasteiger partial charge in [0, 0.05) is 25.6 Å². The van der Waals surface area contributed by atoms with Gasteiger partial charge in [0.1, 0.15) is 12.4 Å². The van der Waals surface area contributed by atoms with Gasteiger partial charge in [-0.25, -0.2) is 0 Å². The number of hydrogen-bond acceptors (Lipinski definition) is 4. The van der Waals surface area contributed by atoms with Gasteiger partial charge in [-0.2, -0.15) is 0 Å². The van der Waals surface area contributed by atoms with E-state index in [0.29, 0.717) is 21.8 Å². The number of hydrogen-bond donors (Lipinski definition) is 1. The van der Waals surface area contributed by atoms with E-state index in [0.717, 1.165) is 26.2 Å². The Morgan fingerprint density at radius 2 is 1.92 bits per heavy atom. The molecule has 0 radical (unpaired) electrons. The largest absolute Gasteiger partial charge is 0.488 e. The highest BCUT2D eigenvalue weighted by molar-refractivity contribution is 7.80. The lowest BCUT2D eigenvalue weighted by Crippen LogP contribution is -2.10. The van der Waals surface area contributed by atoms with Crippen molar-refractivity contribution < 1.29 is 4.74 Å². The molecule has 0 unspecified atom stereocenters. The van der Waals surface area contributed by atoms with Gasteiger partial charge in [-0.05, 0) is 43.2 Å².